The molecule has 2 N–H and O–H groups in total. The summed E-state index contributed by atoms with van der Waals surface area (Å²) in [7, 11) is 1.69. The van der Waals surface area contributed by atoms with E-state index in [-0.39, 0.29) is 5.02 Å². The fraction of sp³-hybridized carbons (Fsp3) is 0.167. The van der Waals surface area contributed by atoms with Crippen LogP contribution in [0.5, 0.6) is 0 Å². The Balaban J connectivity index is 2.25. The van der Waals surface area contributed by atoms with Gasteiger partial charge in [-0.3, -0.25) is 0 Å². The Hall–Kier alpha value is -2.02. The molecule has 0 aliphatic heterocycles. The largest absolute Gasteiger partial charge is 0.416 e. The highest BCUT2D eigenvalue weighted by molar-refractivity contribution is 6.33. The number of nitrogens with one attached hydrogen (secondary N) is 2. The molecule has 0 atom stereocenters. The fourth-order valence-corrected chi connectivity index (χ4v) is 1.72. The Bertz CT molecular complexity index is 616. The third-order valence-electron chi connectivity index (χ3n) is 2.48. The summed E-state index contributed by atoms with van der Waals surface area (Å²) in [5.74, 6) is 0.997. The quantitative estimate of drug-likeness (QED) is 0.902. The molecule has 4 nitrogen and oxygen atoms in total. The Labute approximate surface area is 118 Å². The molecule has 0 saturated heterocycles. The second-order valence-corrected chi connectivity index (χ2v) is 4.26. The second-order valence-electron chi connectivity index (χ2n) is 3.86. The van der Waals surface area contributed by atoms with Gasteiger partial charge in [-0.25, -0.2) is 9.97 Å². The Kier molecular flexibility index (Phi) is 3.99. The zero-order valence-corrected chi connectivity index (χ0v) is 11.0. The molecular weight excluding hydrogens is 293 g/mol. The van der Waals surface area contributed by atoms with Crippen LogP contribution in [0, 0.1) is 0 Å². The first-order valence-electron chi connectivity index (χ1n) is 5.53. The standard InChI is InChI=1S/C12H10ClF3N4/c1-17-10-5-11(19-6-18-10)20-9-3-2-7(4-8(9)13)12(14,15)16/h2-6H,1H3,(H2,17,18,19,20). The van der Waals surface area contributed by atoms with Crippen molar-refractivity contribution in [2.75, 3.05) is 17.7 Å². The van der Waals surface area contributed by atoms with Gasteiger partial charge in [0.2, 0.25) is 0 Å². The minimum Gasteiger partial charge on any atom is -0.373 e. The molecule has 106 valence electrons. The molecule has 0 radical (unpaired) electrons. The van der Waals surface area contributed by atoms with Gasteiger partial charge in [-0.15, -0.1) is 0 Å². The zero-order valence-electron chi connectivity index (χ0n) is 10.3. The number of nitrogens with zero attached hydrogens (tertiary/aromatic N) is 2. The van der Waals surface area contributed by atoms with Crippen LogP contribution in [0.4, 0.5) is 30.5 Å². The van der Waals surface area contributed by atoms with Gasteiger partial charge in [0.25, 0.3) is 0 Å². The summed E-state index contributed by atoms with van der Waals surface area (Å²) in [5, 5.41) is 5.62. The minimum atomic E-state index is -4.42. The lowest BCUT2D eigenvalue weighted by Gasteiger charge is -2.11. The van der Waals surface area contributed by atoms with Crippen LogP contribution in [0.15, 0.2) is 30.6 Å². The molecule has 2 aromatic rings. The minimum absolute atomic E-state index is 0.0376. The van der Waals surface area contributed by atoms with E-state index in [9.17, 15) is 13.2 Å². The molecule has 0 amide bonds. The van der Waals surface area contributed by atoms with E-state index in [1.165, 1.54) is 12.4 Å². The maximum absolute atomic E-state index is 12.5. The molecule has 0 aliphatic rings. The van der Waals surface area contributed by atoms with E-state index in [1.54, 1.807) is 13.1 Å². The molecule has 0 fully saturated rings. The monoisotopic (exact) mass is 302 g/mol. The van der Waals surface area contributed by atoms with Crippen LogP contribution in [0.1, 0.15) is 5.56 Å². The summed E-state index contributed by atoms with van der Waals surface area (Å²) in [4.78, 5) is 7.88. The number of halogens is 4. The van der Waals surface area contributed by atoms with Gasteiger partial charge >= 0.3 is 6.18 Å². The number of alkyl halides is 3. The van der Waals surface area contributed by atoms with Crippen LogP contribution >= 0.6 is 11.6 Å². The number of aromatic nitrogens is 2. The maximum atomic E-state index is 12.5. The van der Waals surface area contributed by atoms with Crippen LogP contribution < -0.4 is 10.6 Å². The molecule has 1 heterocycles. The molecule has 0 unspecified atom stereocenters. The van der Waals surface area contributed by atoms with Gasteiger partial charge < -0.3 is 10.6 Å². The van der Waals surface area contributed by atoms with Crippen LogP contribution in [0.2, 0.25) is 5.02 Å². The number of benzene rings is 1. The van der Waals surface area contributed by atoms with Crippen molar-refractivity contribution in [3.8, 4) is 0 Å². The van der Waals surface area contributed by atoms with E-state index < -0.39 is 11.7 Å². The maximum Gasteiger partial charge on any atom is 0.416 e. The van der Waals surface area contributed by atoms with Crippen LogP contribution in [-0.2, 0) is 6.18 Å². The summed E-state index contributed by atoms with van der Waals surface area (Å²) in [5.41, 5.74) is -0.466. The van der Waals surface area contributed by atoms with Gasteiger partial charge in [0.1, 0.15) is 18.0 Å². The summed E-state index contributed by atoms with van der Waals surface area (Å²) in [6.07, 6.45) is -3.09. The molecular formula is C12H10ClF3N4. The number of anilines is 3. The van der Waals surface area contributed by atoms with Crippen LogP contribution in [0.25, 0.3) is 0 Å². The van der Waals surface area contributed by atoms with Gasteiger partial charge in [-0.2, -0.15) is 13.2 Å². The first-order chi connectivity index (χ1) is 9.40. The van der Waals surface area contributed by atoms with E-state index in [0.29, 0.717) is 17.3 Å². The molecule has 0 bridgehead atoms. The SMILES string of the molecule is CNc1cc(Nc2ccc(C(F)(F)F)cc2Cl)ncn1. The van der Waals surface area contributed by atoms with E-state index in [1.807, 2.05) is 0 Å². The molecule has 0 saturated carbocycles. The third-order valence-corrected chi connectivity index (χ3v) is 2.80. The summed E-state index contributed by atoms with van der Waals surface area (Å²) in [6.45, 7) is 0. The van der Waals surface area contributed by atoms with Crippen molar-refractivity contribution in [2.45, 2.75) is 6.18 Å². The van der Waals surface area contributed by atoms with Gasteiger partial charge in [0.05, 0.1) is 16.3 Å². The first-order valence-corrected chi connectivity index (χ1v) is 5.91. The summed E-state index contributed by atoms with van der Waals surface area (Å²) < 4.78 is 37.6. The topological polar surface area (TPSA) is 49.8 Å². The second kappa shape index (κ2) is 5.54. The number of hydrogen-bond acceptors (Lipinski definition) is 4. The molecule has 0 spiro atoms. The molecule has 8 heteroatoms. The lowest BCUT2D eigenvalue weighted by molar-refractivity contribution is -0.137. The highest BCUT2D eigenvalue weighted by atomic mass is 35.5. The highest BCUT2D eigenvalue weighted by Crippen LogP contribution is 2.34. The molecule has 0 aliphatic carbocycles. The predicted molar refractivity (Wildman–Crippen MR) is 71.3 cm³/mol. The zero-order chi connectivity index (χ0) is 14.8. The van der Waals surface area contributed by atoms with Gasteiger partial charge in [0.15, 0.2) is 0 Å². The molecule has 1 aromatic carbocycles. The predicted octanol–water partition coefficient (Wildman–Crippen LogP) is 3.93. The Morgan fingerprint density at radius 2 is 1.80 bits per heavy atom. The van der Waals surface area contributed by atoms with Gasteiger partial charge in [-0.05, 0) is 18.2 Å². The van der Waals surface area contributed by atoms with Crippen LogP contribution in [-0.4, -0.2) is 17.0 Å². The highest BCUT2D eigenvalue weighted by Gasteiger charge is 2.30. The van der Waals surface area contributed by atoms with Crippen molar-refractivity contribution >= 4 is 28.9 Å². The average molecular weight is 303 g/mol. The molecule has 2 rings (SSSR count). The fourth-order valence-electron chi connectivity index (χ4n) is 1.49. The van der Waals surface area contributed by atoms with E-state index in [4.69, 9.17) is 11.6 Å². The van der Waals surface area contributed by atoms with Crippen LogP contribution in [0.3, 0.4) is 0 Å². The Morgan fingerprint density at radius 1 is 1.10 bits per heavy atom. The van der Waals surface area contributed by atoms with E-state index >= 15 is 0 Å². The molecule has 20 heavy (non-hydrogen) atoms. The lowest BCUT2D eigenvalue weighted by atomic mass is 10.2. The lowest BCUT2D eigenvalue weighted by Crippen LogP contribution is -2.05. The summed E-state index contributed by atoms with van der Waals surface area (Å²) in [6, 6.07) is 4.68. The number of hydrogen-bond donors (Lipinski definition) is 2. The first kappa shape index (κ1) is 14.4. The van der Waals surface area contributed by atoms with Gasteiger partial charge in [-0.1, -0.05) is 11.6 Å². The average Bonchev–Trinajstić information content (AvgIpc) is 2.40. The van der Waals surface area contributed by atoms with Crippen molar-refractivity contribution in [1.29, 1.82) is 0 Å². The normalized spacial score (nSPS) is 11.2. The Morgan fingerprint density at radius 3 is 2.40 bits per heavy atom. The van der Waals surface area contributed by atoms with Crippen molar-refractivity contribution in [1.82, 2.24) is 9.97 Å². The van der Waals surface area contributed by atoms with Crippen molar-refractivity contribution in [2.24, 2.45) is 0 Å². The third kappa shape index (κ3) is 3.30. The van der Waals surface area contributed by atoms with E-state index in [2.05, 4.69) is 20.6 Å². The smallest absolute Gasteiger partial charge is 0.373 e. The van der Waals surface area contributed by atoms with Gasteiger partial charge in [0, 0.05) is 13.1 Å². The molecule has 1 aromatic heterocycles. The van der Waals surface area contributed by atoms with Crippen molar-refractivity contribution < 1.29 is 13.2 Å². The summed E-state index contributed by atoms with van der Waals surface area (Å²) >= 11 is 5.84. The van der Waals surface area contributed by atoms with E-state index in [0.717, 1.165) is 12.1 Å². The van der Waals surface area contributed by atoms with Crippen molar-refractivity contribution in [3.63, 3.8) is 0 Å². The number of rotatable bonds is 3. The van der Waals surface area contributed by atoms with Crippen molar-refractivity contribution in [3.05, 3.63) is 41.2 Å².